The molecule has 0 atom stereocenters. The number of nitrogens with zero attached hydrogens (tertiary/aromatic N) is 1. The van der Waals surface area contributed by atoms with Crippen molar-refractivity contribution < 1.29 is 4.79 Å². The third-order valence-electron chi connectivity index (χ3n) is 1.86. The molecule has 0 unspecified atom stereocenters. The molecule has 0 spiro atoms. The minimum atomic E-state index is -0.216. The molecule has 2 heterocycles. The fourth-order valence-electron chi connectivity index (χ4n) is 1.12. The molecule has 88 valence electrons. The van der Waals surface area contributed by atoms with Crippen LogP contribution in [0.5, 0.6) is 0 Å². The number of rotatable bonds is 4. The van der Waals surface area contributed by atoms with E-state index < -0.39 is 0 Å². The van der Waals surface area contributed by atoms with E-state index in [0.717, 1.165) is 4.47 Å². The van der Waals surface area contributed by atoms with Crippen LogP contribution in [0.2, 0.25) is 0 Å². The molecule has 0 saturated heterocycles. The lowest BCUT2D eigenvalue weighted by Crippen LogP contribution is -2.07. The van der Waals surface area contributed by atoms with Crippen molar-refractivity contribution in [1.29, 1.82) is 0 Å². The summed E-state index contributed by atoms with van der Waals surface area (Å²) in [4.78, 5) is 30.1. The van der Waals surface area contributed by atoms with Crippen LogP contribution in [0.15, 0.2) is 38.1 Å². The number of carbonyl (C=O) groups is 1. The maximum Gasteiger partial charge on any atom is 0.251 e. The predicted octanol–water partition coefficient (Wildman–Crippen LogP) is 2.57. The molecule has 0 aliphatic heterocycles. The van der Waals surface area contributed by atoms with Gasteiger partial charge in [0.25, 0.3) is 5.56 Å². The van der Waals surface area contributed by atoms with E-state index in [-0.39, 0.29) is 17.1 Å². The fourth-order valence-corrected chi connectivity index (χ4v) is 3.46. The quantitative estimate of drug-likeness (QED) is 0.531. The number of H-pyrrole nitrogens is 1. The minimum absolute atomic E-state index is 0.0170. The highest BCUT2D eigenvalue weighted by molar-refractivity contribution is 9.10. The van der Waals surface area contributed by atoms with Crippen LogP contribution in [0.25, 0.3) is 0 Å². The summed E-state index contributed by atoms with van der Waals surface area (Å²) in [6.07, 6.45) is 1.42. The second kappa shape index (κ2) is 5.61. The number of aromatic amines is 1. The molecule has 0 fully saturated rings. The van der Waals surface area contributed by atoms with Gasteiger partial charge in [0.1, 0.15) is 0 Å². The predicted molar refractivity (Wildman–Crippen MR) is 71.9 cm³/mol. The lowest BCUT2D eigenvalue weighted by molar-refractivity contribution is 0.102. The summed E-state index contributed by atoms with van der Waals surface area (Å²) in [7, 11) is 0. The van der Waals surface area contributed by atoms with Crippen LogP contribution >= 0.6 is 39.0 Å². The number of aromatic nitrogens is 2. The van der Waals surface area contributed by atoms with Gasteiger partial charge in [-0.3, -0.25) is 9.59 Å². The molecule has 0 saturated carbocycles. The van der Waals surface area contributed by atoms with Crippen molar-refractivity contribution >= 4 is 44.8 Å². The maximum absolute atomic E-state index is 11.8. The van der Waals surface area contributed by atoms with E-state index in [2.05, 4.69) is 25.9 Å². The number of thiophene rings is 1. The summed E-state index contributed by atoms with van der Waals surface area (Å²) in [5, 5.41) is 2.31. The molecule has 0 aromatic carbocycles. The Bertz CT molecular complexity index is 594. The first-order valence-corrected chi connectivity index (χ1v) is 7.27. The Balaban J connectivity index is 2.02. The van der Waals surface area contributed by atoms with Crippen LogP contribution in [0.4, 0.5) is 0 Å². The van der Waals surface area contributed by atoms with Gasteiger partial charge in [-0.1, -0.05) is 11.8 Å². The van der Waals surface area contributed by atoms with Crippen molar-refractivity contribution in [2.75, 3.05) is 5.75 Å². The van der Waals surface area contributed by atoms with Gasteiger partial charge in [-0.05, 0) is 27.4 Å². The van der Waals surface area contributed by atoms with Crippen LogP contribution < -0.4 is 5.56 Å². The van der Waals surface area contributed by atoms with Gasteiger partial charge in [-0.25, -0.2) is 4.98 Å². The highest BCUT2D eigenvalue weighted by Gasteiger charge is 2.12. The number of Topliss-reactive ketones (excluding diaryl/α,β-unsaturated/α-hetero) is 1. The summed E-state index contributed by atoms with van der Waals surface area (Å²) in [6.45, 7) is 0. The van der Waals surface area contributed by atoms with Crippen molar-refractivity contribution in [2.24, 2.45) is 0 Å². The van der Waals surface area contributed by atoms with Gasteiger partial charge in [0.2, 0.25) is 0 Å². The Morgan fingerprint density at radius 1 is 1.53 bits per heavy atom. The number of nitrogens with one attached hydrogen (secondary N) is 1. The van der Waals surface area contributed by atoms with E-state index in [1.54, 1.807) is 0 Å². The summed E-state index contributed by atoms with van der Waals surface area (Å²) in [5.41, 5.74) is -0.216. The second-order valence-corrected chi connectivity index (χ2v) is 5.78. The number of hydrogen-bond donors (Lipinski definition) is 1. The fraction of sp³-hybridized carbons (Fsp3) is 0.100. The highest BCUT2D eigenvalue weighted by atomic mass is 79.9. The van der Waals surface area contributed by atoms with Gasteiger partial charge in [-0.2, -0.15) is 0 Å². The van der Waals surface area contributed by atoms with E-state index in [1.807, 2.05) is 11.4 Å². The Morgan fingerprint density at radius 3 is 3.00 bits per heavy atom. The number of halogens is 1. The molecule has 4 nitrogen and oxygen atoms in total. The summed E-state index contributed by atoms with van der Waals surface area (Å²) in [6, 6.07) is 3.17. The average Bonchev–Trinajstić information content (AvgIpc) is 2.72. The molecule has 1 N–H and O–H groups in total. The van der Waals surface area contributed by atoms with Crippen LogP contribution in [-0.2, 0) is 0 Å². The lowest BCUT2D eigenvalue weighted by atomic mass is 10.3. The Labute approximate surface area is 114 Å². The monoisotopic (exact) mass is 330 g/mol. The molecular weight excluding hydrogens is 324 g/mol. The van der Waals surface area contributed by atoms with Gasteiger partial charge in [0, 0.05) is 16.7 Å². The molecule has 2 rings (SSSR count). The first-order valence-electron chi connectivity index (χ1n) is 4.61. The Kier molecular flexibility index (Phi) is 4.14. The van der Waals surface area contributed by atoms with Crippen LogP contribution in [0, 0.1) is 0 Å². The van der Waals surface area contributed by atoms with E-state index in [9.17, 15) is 9.59 Å². The summed E-state index contributed by atoms with van der Waals surface area (Å²) < 4.78 is 0.808. The Morgan fingerprint density at radius 2 is 2.35 bits per heavy atom. The zero-order valence-electron chi connectivity index (χ0n) is 8.47. The standard InChI is InChI=1S/C10H7BrN2O2S2/c11-6-2-4-16-9(6)7(14)5-17-10-12-3-1-8(15)13-10/h1-4H,5H2,(H,12,13,15). The molecular formula is C10H7BrN2O2S2. The molecule has 17 heavy (non-hydrogen) atoms. The van der Waals surface area contributed by atoms with E-state index in [0.29, 0.717) is 10.0 Å². The average molecular weight is 331 g/mol. The summed E-state index contributed by atoms with van der Waals surface area (Å²) in [5.74, 6) is 0.273. The van der Waals surface area contributed by atoms with Gasteiger partial charge in [0.15, 0.2) is 10.9 Å². The van der Waals surface area contributed by atoms with Gasteiger partial charge in [-0.15, -0.1) is 11.3 Å². The molecule has 0 radical (unpaired) electrons. The van der Waals surface area contributed by atoms with Crippen molar-refractivity contribution in [1.82, 2.24) is 9.97 Å². The third kappa shape index (κ3) is 3.27. The van der Waals surface area contributed by atoms with Crippen molar-refractivity contribution in [2.45, 2.75) is 5.16 Å². The number of thioether (sulfide) groups is 1. The van der Waals surface area contributed by atoms with Crippen molar-refractivity contribution in [3.8, 4) is 0 Å². The molecule has 2 aromatic rings. The Hall–Kier alpha value is -0.920. The van der Waals surface area contributed by atoms with Gasteiger partial charge < -0.3 is 4.98 Å². The topological polar surface area (TPSA) is 62.8 Å². The maximum atomic E-state index is 11.8. The van der Waals surface area contributed by atoms with Gasteiger partial charge >= 0.3 is 0 Å². The first kappa shape index (κ1) is 12.5. The molecule has 0 amide bonds. The number of carbonyl (C=O) groups excluding carboxylic acids is 1. The van der Waals surface area contributed by atoms with Crippen LogP contribution in [-0.4, -0.2) is 21.5 Å². The van der Waals surface area contributed by atoms with Crippen LogP contribution in [0.3, 0.4) is 0 Å². The molecule has 0 aliphatic carbocycles. The molecule has 7 heteroatoms. The first-order chi connectivity index (χ1) is 8.16. The van der Waals surface area contributed by atoms with Crippen molar-refractivity contribution in [3.05, 3.63) is 43.4 Å². The lowest BCUT2D eigenvalue weighted by Gasteiger charge is -1.99. The molecule has 0 aliphatic rings. The summed E-state index contributed by atoms with van der Waals surface area (Å²) >= 11 is 5.92. The van der Waals surface area contributed by atoms with Crippen molar-refractivity contribution in [3.63, 3.8) is 0 Å². The van der Waals surface area contributed by atoms with E-state index in [4.69, 9.17) is 0 Å². The van der Waals surface area contributed by atoms with Gasteiger partial charge in [0.05, 0.1) is 10.6 Å². The zero-order valence-corrected chi connectivity index (χ0v) is 11.7. The smallest absolute Gasteiger partial charge is 0.251 e. The van der Waals surface area contributed by atoms with E-state index in [1.165, 1.54) is 35.4 Å². The molecule has 0 bridgehead atoms. The zero-order chi connectivity index (χ0) is 12.3. The normalized spacial score (nSPS) is 10.4. The second-order valence-electron chi connectivity index (χ2n) is 3.05. The SMILES string of the molecule is O=C(CSc1nccc(=O)[nH]1)c1sccc1Br. The highest BCUT2D eigenvalue weighted by Crippen LogP contribution is 2.25. The number of ketones is 1. The van der Waals surface area contributed by atoms with E-state index >= 15 is 0 Å². The van der Waals surface area contributed by atoms with Crippen LogP contribution in [0.1, 0.15) is 9.67 Å². The number of hydrogen-bond acceptors (Lipinski definition) is 5. The third-order valence-corrected chi connectivity index (χ3v) is 4.62. The largest absolute Gasteiger partial charge is 0.301 e. The molecule has 2 aromatic heterocycles. The minimum Gasteiger partial charge on any atom is -0.301 e.